The number of pyridine rings is 1. The number of carbonyl (C=O) groups is 2. The number of anilines is 3. The molecule has 4 aromatic rings. The van der Waals surface area contributed by atoms with Gasteiger partial charge in [-0.15, -0.1) is 0 Å². The van der Waals surface area contributed by atoms with E-state index in [2.05, 4.69) is 15.6 Å². The van der Waals surface area contributed by atoms with Crippen LogP contribution in [0, 0.1) is 0 Å². The number of nitrogens with one attached hydrogen (secondary N) is 2. The number of aliphatic hydroxyl groups excluding tert-OH is 1. The molecule has 10 nitrogen and oxygen atoms in total. The van der Waals surface area contributed by atoms with Crippen LogP contribution < -0.4 is 25.2 Å². The van der Waals surface area contributed by atoms with Crippen LogP contribution in [0.4, 0.5) is 17.1 Å². The molecule has 3 N–H and O–H groups in total. The van der Waals surface area contributed by atoms with Gasteiger partial charge in [-0.2, -0.15) is 0 Å². The molecule has 0 bridgehead atoms. The standard InChI is InChI=1S/C30H31N5O5/c36-28(20-31-15-13-22-7-4-5-14-32-22)35-21-29(37)34(16-18-39-24-8-2-1-3-9-24)25-12-11-23(19-26(25)35)33-30(38)27-10-6-17-40-27/h1-12,14,17,19,29,31,37H,13,15-16,18,20-21H2,(H,33,38). The molecule has 1 aliphatic rings. The maximum Gasteiger partial charge on any atom is 0.291 e. The molecule has 0 spiro atoms. The average Bonchev–Trinajstić information content (AvgIpc) is 3.53. The first-order valence-corrected chi connectivity index (χ1v) is 13.1. The summed E-state index contributed by atoms with van der Waals surface area (Å²) < 4.78 is 11.0. The molecule has 206 valence electrons. The van der Waals surface area contributed by atoms with Gasteiger partial charge in [0.25, 0.3) is 5.91 Å². The van der Waals surface area contributed by atoms with Gasteiger partial charge in [-0.3, -0.25) is 14.6 Å². The highest BCUT2D eigenvalue weighted by Crippen LogP contribution is 2.37. The Morgan fingerprint density at radius 3 is 2.65 bits per heavy atom. The minimum Gasteiger partial charge on any atom is -0.492 e. The van der Waals surface area contributed by atoms with Gasteiger partial charge in [-0.1, -0.05) is 24.3 Å². The highest BCUT2D eigenvalue weighted by atomic mass is 16.5. The summed E-state index contributed by atoms with van der Waals surface area (Å²) >= 11 is 0. The van der Waals surface area contributed by atoms with Crippen molar-refractivity contribution in [2.45, 2.75) is 12.6 Å². The third-order valence-corrected chi connectivity index (χ3v) is 6.49. The number of benzene rings is 2. The van der Waals surface area contributed by atoms with Crippen LogP contribution in [0.15, 0.2) is 95.7 Å². The van der Waals surface area contributed by atoms with Crippen molar-refractivity contribution < 1.29 is 23.8 Å². The van der Waals surface area contributed by atoms with E-state index in [0.29, 0.717) is 43.2 Å². The molecule has 0 fully saturated rings. The minimum absolute atomic E-state index is 0.0642. The first-order valence-electron chi connectivity index (χ1n) is 13.1. The summed E-state index contributed by atoms with van der Waals surface area (Å²) in [6.45, 7) is 1.45. The molecular formula is C30H31N5O5. The maximum atomic E-state index is 13.3. The lowest BCUT2D eigenvalue weighted by atomic mass is 10.1. The predicted molar refractivity (Wildman–Crippen MR) is 152 cm³/mol. The molecule has 2 aromatic carbocycles. The van der Waals surface area contributed by atoms with Gasteiger partial charge in [0, 0.05) is 30.5 Å². The number of aromatic nitrogens is 1. The number of rotatable bonds is 11. The zero-order valence-electron chi connectivity index (χ0n) is 21.9. The minimum atomic E-state index is -0.937. The number of hydrogen-bond donors (Lipinski definition) is 3. The van der Waals surface area contributed by atoms with Crippen LogP contribution in [0.5, 0.6) is 5.75 Å². The van der Waals surface area contributed by atoms with Crippen LogP contribution in [0.3, 0.4) is 0 Å². The van der Waals surface area contributed by atoms with E-state index in [0.717, 1.165) is 11.4 Å². The Balaban J connectivity index is 1.30. The Morgan fingerprint density at radius 1 is 1.02 bits per heavy atom. The fourth-order valence-electron chi connectivity index (χ4n) is 4.52. The third-order valence-electron chi connectivity index (χ3n) is 6.49. The molecule has 3 heterocycles. The van der Waals surface area contributed by atoms with Gasteiger partial charge in [0.05, 0.1) is 37.3 Å². The second-order valence-corrected chi connectivity index (χ2v) is 9.22. The summed E-state index contributed by atoms with van der Waals surface area (Å²) in [5.74, 6) is 0.315. The molecule has 2 aromatic heterocycles. The number of para-hydroxylation sites is 1. The van der Waals surface area contributed by atoms with Crippen LogP contribution in [0.25, 0.3) is 0 Å². The van der Waals surface area contributed by atoms with Crippen molar-refractivity contribution in [1.82, 2.24) is 10.3 Å². The molecule has 0 radical (unpaired) electrons. The predicted octanol–water partition coefficient (Wildman–Crippen LogP) is 3.31. The normalized spacial score (nSPS) is 14.5. The molecule has 1 atom stereocenters. The summed E-state index contributed by atoms with van der Waals surface area (Å²) in [6, 6.07) is 23.6. The molecule has 1 unspecified atom stereocenters. The van der Waals surface area contributed by atoms with Gasteiger partial charge >= 0.3 is 0 Å². The lowest BCUT2D eigenvalue weighted by Crippen LogP contribution is -2.53. The second kappa shape index (κ2) is 12.9. The van der Waals surface area contributed by atoms with E-state index in [1.54, 1.807) is 46.3 Å². The van der Waals surface area contributed by atoms with E-state index in [-0.39, 0.29) is 24.8 Å². The van der Waals surface area contributed by atoms with Crippen molar-refractivity contribution in [2.75, 3.05) is 47.9 Å². The molecule has 0 saturated heterocycles. The lowest BCUT2D eigenvalue weighted by molar-refractivity contribution is -0.118. The summed E-state index contributed by atoms with van der Waals surface area (Å²) in [6.07, 6.45) is 2.92. The molecule has 10 heteroatoms. The van der Waals surface area contributed by atoms with Crippen molar-refractivity contribution in [3.8, 4) is 5.75 Å². The second-order valence-electron chi connectivity index (χ2n) is 9.22. The van der Waals surface area contributed by atoms with Crippen molar-refractivity contribution in [3.63, 3.8) is 0 Å². The summed E-state index contributed by atoms with van der Waals surface area (Å²) in [5.41, 5.74) is 2.68. The van der Waals surface area contributed by atoms with Gasteiger partial charge in [0.1, 0.15) is 18.6 Å². The zero-order chi connectivity index (χ0) is 27.7. The number of hydrogen-bond acceptors (Lipinski definition) is 8. The maximum absolute atomic E-state index is 13.3. The van der Waals surface area contributed by atoms with Gasteiger partial charge in [0.15, 0.2) is 5.76 Å². The number of nitrogens with zero attached hydrogens (tertiary/aromatic N) is 3. The number of amides is 2. The molecule has 0 aliphatic carbocycles. The van der Waals surface area contributed by atoms with Gasteiger partial charge < -0.3 is 34.7 Å². The van der Waals surface area contributed by atoms with Crippen molar-refractivity contribution in [3.05, 3.63) is 103 Å². The number of carbonyl (C=O) groups excluding carboxylic acids is 2. The monoisotopic (exact) mass is 541 g/mol. The van der Waals surface area contributed by atoms with E-state index in [9.17, 15) is 14.7 Å². The number of β-amino-alcohol motifs (C(OH)–C–C–N with tert-alkyl or cyclic N) is 1. The van der Waals surface area contributed by atoms with Crippen molar-refractivity contribution >= 4 is 28.9 Å². The zero-order valence-corrected chi connectivity index (χ0v) is 21.9. The van der Waals surface area contributed by atoms with E-state index in [1.165, 1.54) is 6.26 Å². The van der Waals surface area contributed by atoms with Crippen molar-refractivity contribution in [2.24, 2.45) is 0 Å². The van der Waals surface area contributed by atoms with Gasteiger partial charge in [0.2, 0.25) is 5.91 Å². The quantitative estimate of drug-likeness (QED) is 0.248. The van der Waals surface area contributed by atoms with Crippen LogP contribution in [0.2, 0.25) is 0 Å². The van der Waals surface area contributed by atoms with E-state index in [1.807, 2.05) is 48.5 Å². The lowest BCUT2D eigenvalue weighted by Gasteiger charge is -2.41. The Morgan fingerprint density at radius 2 is 1.88 bits per heavy atom. The molecule has 2 amide bonds. The Labute approximate surface area is 232 Å². The largest absolute Gasteiger partial charge is 0.492 e. The summed E-state index contributed by atoms with van der Waals surface area (Å²) in [5, 5.41) is 17.1. The van der Waals surface area contributed by atoms with E-state index >= 15 is 0 Å². The summed E-state index contributed by atoms with van der Waals surface area (Å²) in [7, 11) is 0. The molecular weight excluding hydrogens is 510 g/mol. The molecule has 0 saturated carbocycles. The third kappa shape index (κ3) is 6.66. The van der Waals surface area contributed by atoms with E-state index < -0.39 is 12.1 Å². The SMILES string of the molecule is O=C(Nc1ccc2c(c1)N(C(=O)CNCCc1ccccn1)CC(O)N2CCOc1ccccc1)c1ccco1. The van der Waals surface area contributed by atoms with Crippen LogP contribution >= 0.6 is 0 Å². The molecule has 40 heavy (non-hydrogen) atoms. The van der Waals surface area contributed by atoms with E-state index in [4.69, 9.17) is 9.15 Å². The Hall–Kier alpha value is -4.67. The number of furan rings is 1. The first kappa shape index (κ1) is 26.9. The fraction of sp³-hybridized carbons (Fsp3) is 0.233. The van der Waals surface area contributed by atoms with Gasteiger partial charge in [-0.05, 0) is 54.6 Å². The topological polar surface area (TPSA) is 120 Å². The van der Waals surface area contributed by atoms with Crippen LogP contribution in [-0.2, 0) is 11.2 Å². The Bertz CT molecular complexity index is 1400. The highest BCUT2D eigenvalue weighted by Gasteiger charge is 2.33. The van der Waals surface area contributed by atoms with Gasteiger partial charge in [-0.25, -0.2) is 0 Å². The average molecular weight is 542 g/mol. The van der Waals surface area contributed by atoms with Crippen LogP contribution in [-0.4, -0.2) is 60.9 Å². The van der Waals surface area contributed by atoms with Crippen LogP contribution in [0.1, 0.15) is 16.2 Å². The smallest absolute Gasteiger partial charge is 0.291 e. The fourth-order valence-corrected chi connectivity index (χ4v) is 4.52. The molecule has 1 aliphatic heterocycles. The number of aliphatic hydroxyl groups is 1. The van der Waals surface area contributed by atoms with Crippen molar-refractivity contribution in [1.29, 1.82) is 0 Å². The Kier molecular flexibility index (Phi) is 8.69. The molecule has 5 rings (SSSR count). The first-order chi connectivity index (χ1) is 19.6. The summed E-state index contributed by atoms with van der Waals surface area (Å²) in [4.78, 5) is 33.6. The highest BCUT2D eigenvalue weighted by molar-refractivity contribution is 6.04. The number of ether oxygens (including phenoxy) is 1. The number of fused-ring (bicyclic) bond motifs is 1.